The predicted molar refractivity (Wildman–Crippen MR) is 59.8 cm³/mol. The van der Waals surface area contributed by atoms with Crippen molar-refractivity contribution in [1.82, 2.24) is 0 Å². The van der Waals surface area contributed by atoms with Crippen LogP contribution in [0, 0.1) is 0 Å². The van der Waals surface area contributed by atoms with E-state index in [4.69, 9.17) is 16.3 Å². The lowest BCUT2D eigenvalue weighted by Crippen LogP contribution is -2.24. The van der Waals surface area contributed by atoms with Crippen LogP contribution in [0.4, 0.5) is 23.7 Å². The van der Waals surface area contributed by atoms with Crippen molar-refractivity contribution < 1.29 is 22.7 Å². The van der Waals surface area contributed by atoms with Crippen molar-refractivity contribution in [2.24, 2.45) is 0 Å². The fourth-order valence-electron chi connectivity index (χ4n) is 1.64. The molecule has 1 saturated heterocycles. The molecule has 1 aromatic rings. The van der Waals surface area contributed by atoms with Crippen LogP contribution in [-0.4, -0.2) is 24.6 Å². The number of benzene rings is 1. The van der Waals surface area contributed by atoms with Gasteiger partial charge in [0, 0.05) is 5.69 Å². The van der Waals surface area contributed by atoms with E-state index in [0.29, 0.717) is 5.69 Å². The lowest BCUT2D eigenvalue weighted by molar-refractivity contribution is -0.137. The third-order valence-corrected chi connectivity index (χ3v) is 2.90. The van der Waals surface area contributed by atoms with Gasteiger partial charge in [-0.2, -0.15) is 13.2 Å². The topological polar surface area (TPSA) is 29.5 Å². The number of hydrogen-bond acceptors (Lipinski definition) is 2. The molecule has 1 aromatic carbocycles. The number of anilines is 1. The van der Waals surface area contributed by atoms with Crippen LogP contribution in [0.5, 0.6) is 0 Å². The van der Waals surface area contributed by atoms with Crippen molar-refractivity contribution in [3.63, 3.8) is 0 Å². The van der Waals surface area contributed by atoms with Gasteiger partial charge in [0.2, 0.25) is 0 Å². The SMILES string of the molecule is O=C1OC(CCl)CN1c1ccc(C(F)(F)F)cc1. The van der Waals surface area contributed by atoms with Crippen molar-refractivity contribution in [2.45, 2.75) is 12.3 Å². The quantitative estimate of drug-likeness (QED) is 0.778. The van der Waals surface area contributed by atoms with E-state index in [9.17, 15) is 18.0 Å². The Bertz CT molecular complexity index is 447. The summed E-state index contributed by atoms with van der Waals surface area (Å²) in [4.78, 5) is 12.7. The molecule has 1 unspecified atom stereocenters. The van der Waals surface area contributed by atoms with E-state index in [0.717, 1.165) is 12.1 Å². The monoisotopic (exact) mass is 279 g/mol. The molecule has 1 aliphatic rings. The molecule has 0 radical (unpaired) electrons. The number of amides is 1. The summed E-state index contributed by atoms with van der Waals surface area (Å²) >= 11 is 5.56. The molecule has 0 spiro atoms. The summed E-state index contributed by atoms with van der Waals surface area (Å²) in [6, 6.07) is 4.33. The molecule has 0 saturated carbocycles. The standard InChI is InChI=1S/C11H9ClF3NO2/c12-5-9-6-16(10(17)18-9)8-3-1-7(2-4-8)11(13,14)15/h1-4,9H,5-6H2. The molecule has 2 rings (SSSR count). The summed E-state index contributed by atoms with van der Waals surface area (Å²) in [5.74, 6) is 0.156. The highest BCUT2D eigenvalue weighted by atomic mass is 35.5. The van der Waals surface area contributed by atoms with Crippen molar-refractivity contribution >= 4 is 23.4 Å². The first-order chi connectivity index (χ1) is 8.41. The van der Waals surface area contributed by atoms with E-state index in [1.54, 1.807) is 0 Å². The van der Waals surface area contributed by atoms with Gasteiger partial charge in [-0.3, -0.25) is 4.90 Å². The van der Waals surface area contributed by atoms with Crippen LogP contribution in [0.15, 0.2) is 24.3 Å². The molecule has 0 N–H and O–H groups in total. The second kappa shape index (κ2) is 4.68. The van der Waals surface area contributed by atoms with Crippen LogP contribution in [0.2, 0.25) is 0 Å². The Morgan fingerprint density at radius 1 is 1.33 bits per heavy atom. The smallest absolute Gasteiger partial charge is 0.416 e. The molecule has 3 nitrogen and oxygen atoms in total. The lowest BCUT2D eigenvalue weighted by Gasteiger charge is -2.14. The largest absolute Gasteiger partial charge is 0.443 e. The van der Waals surface area contributed by atoms with Crippen LogP contribution in [0.1, 0.15) is 5.56 Å². The van der Waals surface area contributed by atoms with Gasteiger partial charge in [0.05, 0.1) is 18.0 Å². The fraction of sp³-hybridized carbons (Fsp3) is 0.364. The normalized spacial score (nSPS) is 20.1. The molecular weight excluding hydrogens is 271 g/mol. The molecule has 7 heteroatoms. The number of carbonyl (C=O) groups is 1. The van der Waals surface area contributed by atoms with Crippen molar-refractivity contribution in [1.29, 1.82) is 0 Å². The summed E-state index contributed by atoms with van der Waals surface area (Å²) in [5.41, 5.74) is -0.395. The number of alkyl halides is 4. The van der Waals surface area contributed by atoms with E-state index < -0.39 is 23.9 Å². The Balaban J connectivity index is 2.18. The van der Waals surface area contributed by atoms with Gasteiger partial charge < -0.3 is 4.74 Å². The predicted octanol–water partition coefficient (Wildman–Crippen LogP) is 3.27. The Hall–Kier alpha value is -1.43. The van der Waals surface area contributed by atoms with Crippen LogP contribution in [-0.2, 0) is 10.9 Å². The molecule has 18 heavy (non-hydrogen) atoms. The van der Waals surface area contributed by atoms with Crippen molar-refractivity contribution in [3.05, 3.63) is 29.8 Å². The van der Waals surface area contributed by atoms with E-state index in [2.05, 4.69) is 0 Å². The Morgan fingerprint density at radius 3 is 2.39 bits per heavy atom. The molecule has 1 fully saturated rings. The number of cyclic esters (lactones) is 1. The summed E-state index contributed by atoms with van der Waals surface area (Å²) in [7, 11) is 0. The van der Waals surface area contributed by atoms with Gasteiger partial charge in [0.25, 0.3) is 0 Å². The Kier molecular flexibility index (Phi) is 3.38. The first-order valence-corrected chi connectivity index (χ1v) is 5.66. The highest BCUT2D eigenvalue weighted by molar-refractivity contribution is 6.18. The van der Waals surface area contributed by atoms with Crippen molar-refractivity contribution in [2.75, 3.05) is 17.3 Å². The maximum absolute atomic E-state index is 12.4. The first-order valence-electron chi connectivity index (χ1n) is 5.13. The van der Waals surface area contributed by atoms with Crippen molar-refractivity contribution in [3.8, 4) is 0 Å². The molecule has 0 bridgehead atoms. The zero-order chi connectivity index (χ0) is 13.3. The van der Waals surface area contributed by atoms with Gasteiger partial charge >= 0.3 is 12.3 Å². The summed E-state index contributed by atoms with van der Waals surface area (Å²) in [6.45, 7) is 0.244. The van der Waals surface area contributed by atoms with E-state index in [1.165, 1.54) is 17.0 Å². The van der Waals surface area contributed by atoms with Crippen LogP contribution >= 0.6 is 11.6 Å². The number of carbonyl (C=O) groups excluding carboxylic acids is 1. The summed E-state index contributed by atoms with van der Waals surface area (Å²) in [5, 5.41) is 0. The maximum Gasteiger partial charge on any atom is 0.416 e. The van der Waals surface area contributed by atoms with Crippen LogP contribution in [0.3, 0.4) is 0 Å². The number of rotatable bonds is 2. The summed E-state index contributed by atoms with van der Waals surface area (Å²) in [6.07, 6.45) is -5.41. The first kappa shape index (κ1) is 13.0. The molecule has 1 heterocycles. The average molecular weight is 280 g/mol. The summed E-state index contributed by atoms with van der Waals surface area (Å²) < 4.78 is 42.0. The van der Waals surface area contributed by atoms with Crippen LogP contribution < -0.4 is 4.90 Å². The lowest BCUT2D eigenvalue weighted by atomic mass is 10.2. The van der Waals surface area contributed by atoms with Gasteiger partial charge in [0.1, 0.15) is 6.10 Å². The molecular formula is C11H9ClF3NO2. The molecule has 98 valence electrons. The van der Waals surface area contributed by atoms with Gasteiger partial charge in [-0.05, 0) is 24.3 Å². The second-order valence-corrected chi connectivity index (χ2v) is 4.12. The fourth-order valence-corrected chi connectivity index (χ4v) is 1.80. The molecule has 1 aliphatic heterocycles. The maximum atomic E-state index is 12.4. The average Bonchev–Trinajstić information content (AvgIpc) is 2.70. The van der Waals surface area contributed by atoms with Gasteiger partial charge in [-0.1, -0.05) is 0 Å². The minimum atomic E-state index is -4.39. The number of halogens is 4. The third kappa shape index (κ3) is 2.53. The highest BCUT2D eigenvalue weighted by Gasteiger charge is 2.33. The molecule has 0 aromatic heterocycles. The number of hydrogen-bond donors (Lipinski definition) is 0. The zero-order valence-electron chi connectivity index (χ0n) is 9.08. The van der Waals surface area contributed by atoms with E-state index in [-0.39, 0.29) is 12.4 Å². The third-order valence-electron chi connectivity index (χ3n) is 2.55. The van der Waals surface area contributed by atoms with Gasteiger partial charge in [0.15, 0.2) is 0 Å². The Morgan fingerprint density at radius 2 is 1.94 bits per heavy atom. The van der Waals surface area contributed by atoms with Gasteiger partial charge in [-0.15, -0.1) is 11.6 Å². The zero-order valence-corrected chi connectivity index (χ0v) is 9.83. The number of nitrogens with zero attached hydrogens (tertiary/aromatic N) is 1. The Labute approximate surface area is 106 Å². The molecule has 1 amide bonds. The molecule has 0 aliphatic carbocycles. The van der Waals surface area contributed by atoms with E-state index in [1.807, 2.05) is 0 Å². The minimum Gasteiger partial charge on any atom is -0.443 e. The number of ether oxygens (including phenoxy) is 1. The minimum absolute atomic E-state index is 0.156. The van der Waals surface area contributed by atoms with Gasteiger partial charge in [-0.25, -0.2) is 4.79 Å². The second-order valence-electron chi connectivity index (χ2n) is 3.82. The highest BCUT2D eigenvalue weighted by Crippen LogP contribution is 2.31. The molecule has 1 atom stereocenters. The van der Waals surface area contributed by atoms with E-state index >= 15 is 0 Å². The van der Waals surface area contributed by atoms with Crippen LogP contribution in [0.25, 0.3) is 0 Å².